The SMILES string of the molecule is COc1cc2c(cc1OC(C)C)[C@H](c1ccc(Cl)cc1)N(c1ccc(N(C)C[C@H]3CC[C@H](N4CCN(C(=O)OC(C)(C)C)CC4=O)CC3)cc1)C(=O)C2. The average Bonchev–Trinajstić information content (AvgIpc) is 3.11. The maximum Gasteiger partial charge on any atom is 0.410 e. The minimum atomic E-state index is -0.589. The Morgan fingerprint density at radius 3 is 2.21 bits per heavy atom. The van der Waals surface area contributed by atoms with Crippen LogP contribution in [0, 0.1) is 5.92 Å². The van der Waals surface area contributed by atoms with Gasteiger partial charge in [0, 0.05) is 49.1 Å². The molecule has 2 fully saturated rings. The molecule has 1 aliphatic carbocycles. The maximum atomic E-state index is 14.0. The molecular formula is C42H53ClN4O6. The molecule has 0 N–H and O–H groups in total. The predicted octanol–water partition coefficient (Wildman–Crippen LogP) is 7.89. The summed E-state index contributed by atoms with van der Waals surface area (Å²) in [6, 6.07) is 19.7. The number of carbonyl (C=O) groups is 3. The van der Waals surface area contributed by atoms with Crippen LogP contribution < -0.4 is 19.3 Å². The number of hydrogen-bond acceptors (Lipinski definition) is 7. The Kier molecular flexibility index (Phi) is 11.5. The molecule has 3 amide bonds. The molecule has 1 saturated carbocycles. The van der Waals surface area contributed by atoms with Crippen LogP contribution in [0.25, 0.3) is 0 Å². The van der Waals surface area contributed by atoms with Crippen LogP contribution in [-0.4, -0.2) is 85.8 Å². The zero-order chi connectivity index (χ0) is 38.0. The van der Waals surface area contributed by atoms with E-state index >= 15 is 0 Å². The van der Waals surface area contributed by atoms with Crippen molar-refractivity contribution in [3.8, 4) is 11.5 Å². The minimum absolute atomic E-state index is 0.000342. The number of ether oxygens (including phenoxy) is 3. The van der Waals surface area contributed by atoms with Crippen LogP contribution in [0.4, 0.5) is 16.2 Å². The van der Waals surface area contributed by atoms with Crippen LogP contribution in [0.5, 0.6) is 11.5 Å². The number of amides is 3. The number of carbonyl (C=O) groups excluding carboxylic acids is 3. The lowest BCUT2D eigenvalue weighted by molar-refractivity contribution is -0.139. The van der Waals surface area contributed by atoms with Gasteiger partial charge in [0.1, 0.15) is 12.1 Å². The Labute approximate surface area is 318 Å². The molecule has 0 bridgehead atoms. The van der Waals surface area contributed by atoms with Crippen molar-refractivity contribution in [3.05, 3.63) is 82.4 Å². The van der Waals surface area contributed by atoms with E-state index in [1.807, 2.05) is 92.9 Å². The second kappa shape index (κ2) is 15.9. The first-order valence-electron chi connectivity index (χ1n) is 18.7. The normalized spacial score (nSPS) is 20.7. The number of nitrogens with zero attached hydrogens (tertiary/aromatic N) is 4. The third-order valence-electron chi connectivity index (χ3n) is 10.4. The van der Waals surface area contributed by atoms with Gasteiger partial charge in [0.2, 0.25) is 11.8 Å². The molecule has 0 aromatic heterocycles. The van der Waals surface area contributed by atoms with E-state index in [0.29, 0.717) is 35.5 Å². The monoisotopic (exact) mass is 744 g/mol. The highest BCUT2D eigenvalue weighted by Crippen LogP contribution is 2.44. The molecule has 1 saturated heterocycles. The number of halogens is 1. The van der Waals surface area contributed by atoms with Crippen LogP contribution in [0.1, 0.15) is 83.0 Å². The molecule has 3 aromatic rings. The van der Waals surface area contributed by atoms with Gasteiger partial charge in [-0.15, -0.1) is 0 Å². The van der Waals surface area contributed by atoms with Crippen molar-refractivity contribution in [2.75, 3.05) is 50.1 Å². The first-order chi connectivity index (χ1) is 25.2. The fourth-order valence-corrected chi connectivity index (χ4v) is 8.01. The second-order valence-electron chi connectivity index (χ2n) is 15.8. The number of methoxy groups -OCH3 is 1. The Bertz CT molecular complexity index is 1780. The third kappa shape index (κ3) is 8.86. The number of piperazine rings is 1. The van der Waals surface area contributed by atoms with Crippen LogP contribution in [0.2, 0.25) is 5.02 Å². The van der Waals surface area contributed by atoms with E-state index in [2.05, 4.69) is 24.1 Å². The van der Waals surface area contributed by atoms with Gasteiger partial charge in [-0.25, -0.2) is 4.79 Å². The molecule has 2 aliphatic heterocycles. The lowest BCUT2D eigenvalue weighted by Gasteiger charge is -2.42. The fraction of sp³-hybridized carbons (Fsp3) is 0.500. The van der Waals surface area contributed by atoms with Crippen LogP contribution in [0.3, 0.4) is 0 Å². The summed E-state index contributed by atoms with van der Waals surface area (Å²) in [7, 11) is 3.73. The van der Waals surface area contributed by atoms with E-state index in [0.717, 1.165) is 60.3 Å². The number of rotatable bonds is 9. The van der Waals surface area contributed by atoms with Crippen molar-refractivity contribution in [1.82, 2.24) is 9.80 Å². The Hall–Kier alpha value is -4.44. The molecule has 0 spiro atoms. The molecule has 10 nitrogen and oxygen atoms in total. The lowest BCUT2D eigenvalue weighted by Crippen LogP contribution is -2.56. The van der Waals surface area contributed by atoms with E-state index in [1.165, 1.54) is 4.90 Å². The van der Waals surface area contributed by atoms with E-state index in [9.17, 15) is 14.4 Å². The van der Waals surface area contributed by atoms with Crippen LogP contribution in [-0.2, 0) is 20.7 Å². The smallest absolute Gasteiger partial charge is 0.410 e. The van der Waals surface area contributed by atoms with Gasteiger partial charge in [-0.2, -0.15) is 0 Å². The van der Waals surface area contributed by atoms with E-state index in [1.54, 1.807) is 7.11 Å². The molecular weight excluding hydrogens is 692 g/mol. The molecule has 3 aliphatic rings. The number of benzene rings is 3. The largest absolute Gasteiger partial charge is 0.493 e. The van der Waals surface area contributed by atoms with Gasteiger partial charge < -0.3 is 28.9 Å². The van der Waals surface area contributed by atoms with Gasteiger partial charge in [0.05, 0.1) is 25.7 Å². The number of fused-ring (bicyclic) bond motifs is 1. The van der Waals surface area contributed by atoms with Crippen LogP contribution >= 0.6 is 11.6 Å². The van der Waals surface area contributed by atoms with Gasteiger partial charge in [-0.1, -0.05) is 23.7 Å². The Balaban J connectivity index is 1.12. The third-order valence-corrected chi connectivity index (χ3v) is 10.7. The summed E-state index contributed by atoms with van der Waals surface area (Å²) >= 11 is 6.30. The first-order valence-corrected chi connectivity index (χ1v) is 19.1. The molecule has 11 heteroatoms. The van der Waals surface area contributed by atoms with Gasteiger partial charge in [0.15, 0.2) is 11.5 Å². The summed E-state index contributed by atoms with van der Waals surface area (Å²) in [6.07, 6.45) is 3.74. The summed E-state index contributed by atoms with van der Waals surface area (Å²) in [4.78, 5) is 47.2. The molecule has 0 radical (unpaired) electrons. The van der Waals surface area contributed by atoms with Crippen molar-refractivity contribution in [2.45, 2.75) is 90.5 Å². The Morgan fingerprint density at radius 2 is 1.60 bits per heavy atom. The molecule has 53 heavy (non-hydrogen) atoms. The lowest BCUT2D eigenvalue weighted by atomic mass is 9.84. The topological polar surface area (TPSA) is 91.9 Å². The molecule has 2 heterocycles. The summed E-state index contributed by atoms with van der Waals surface area (Å²) in [5.74, 6) is 1.76. The van der Waals surface area contributed by atoms with Gasteiger partial charge in [-0.05, 0) is 131 Å². The molecule has 0 unspecified atom stereocenters. The van der Waals surface area contributed by atoms with E-state index in [4.69, 9.17) is 25.8 Å². The summed E-state index contributed by atoms with van der Waals surface area (Å²) in [5, 5.41) is 0.633. The van der Waals surface area contributed by atoms with E-state index < -0.39 is 11.7 Å². The van der Waals surface area contributed by atoms with Gasteiger partial charge in [-0.3, -0.25) is 14.5 Å². The van der Waals surface area contributed by atoms with Gasteiger partial charge >= 0.3 is 6.09 Å². The quantitative estimate of drug-likeness (QED) is 0.220. The highest BCUT2D eigenvalue weighted by molar-refractivity contribution is 6.30. The number of anilines is 2. The van der Waals surface area contributed by atoms with Crippen molar-refractivity contribution < 1.29 is 28.6 Å². The summed E-state index contributed by atoms with van der Waals surface area (Å²) in [6.45, 7) is 11.5. The van der Waals surface area contributed by atoms with Crippen molar-refractivity contribution in [1.29, 1.82) is 0 Å². The van der Waals surface area contributed by atoms with Crippen molar-refractivity contribution >= 4 is 40.9 Å². The maximum absolute atomic E-state index is 14.0. The van der Waals surface area contributed by atoms with E-state index in [-0.39, 0.29) is 43.0 Å². The Morgan fingerprint density at radius 1 is 0.925 bits per heavy atom. The average molecular weight is 745 g/mol. The molecule has 1 atom stereocenters. The zero-order valence-corrected chi connectivity index (χ0v) is 32.8. The van der Waals surface area contributed by atoms with Crippen molar-refractivity contribution in [3.63, 3.8) is 0 Å². The molecule has 6 rings (SSSR count). The predicted molar refractivity (Wildman–Crippen MR) is 208 cm³/mol. The van der Waals surface area contributed by atoms with Crippen molar-refractivity contribution in [2.24, 2.45) is 5.92 Å². The number of hydrogen-bond donors (Lipinski definition) is 0. The fourth-order valence-electron chi connectivity index (χ4n) is 7.88. The molecule has 3 aromatic carbocycles. The first kappa shape index (κ1) is 38.3. The summed E-state index contributed by atoms with van der Waals surface area (Å²) in [5.41, 5.74) is 4.16. The molecule has 284 valence electrons. The van der Waals surface area contributed by atoms with Gasteiger partial charge in [0.25, 0.3) is 0 Å². The van der Waals surface area contributed by atoms with Crippen LogP contribution in [0.15, 0.2) is 60.7 Å². The zero-order valence-electron chi connectivity index (χ0n) is 32.1. The standard InChI is InChI=1S/C42H53ClN4O6/c1-27(2)52-37-24-35-30(22-36(37)51-7)23-38(48)47(40(35)29-10-12-31(43)13-11-29)34-18-16-32(17-19-34)44(6)25-28-8-14-33(15-9-28)46-21-20-45(26-39(46)49)41(50)53-42(3,4)5/h10-13,16-19,22,24,27-28,33,40H,8-9,14-15,20-21,23,25-26H2,1-7H3/t28-,33-,40-/m0/s1. The highest BCUT2D eigenvalue weighted by atomic mass is 35.5. The second-order valence-corrected chi connectivity index (χ2v) is 16.3. The minimum Gasteiger partial charge on any atom is -0.493 e. The summed E-state index contributed by atoms with van der Waals surface area (Å²) < 4.78 is 17.3. The highest BCUT2D eigenvalue weighted by Gasteiger charge is 2.37.